The molecule has 2 heterocycles. The number of aromatic amines is 2. The fourth-order valence-electron chi connectivity index (χ4n) is 3.16. The maximum absolute atomic E-state index is 12.2. The molecule has 2 aromatic heterocycles. The van der Waals surface area contributed by atoms with Crippen molar-refractivity contribution in [2.45, 2.75) is 19.8 Å². The number of imidazole rings is 1. The quantitative estimate of drug-likeness (QED) is 0.534. The Morgan fingerprint density at radius 2 is 2.08 bits per heavy atom. The number of hydrogen-bond acceptors (Lipinski definition) is 3. The van der Waals surface area contributed by atoms with Crippen LogP contribution in [0.3, 0.4) is 0 Å². The molecule has 1 fully saturated rings. The van der Waals surface area contributed by atoms with Gasteiger partial charge >= 0.3 is 0 Å². The molecule has 1 saturated carbocycles. The Labute approximate surface area is 143 Å². The van der Waals surface area contributed by atoms with E-state index in [1.165, 1.54) is 5.56 Å². The first-order valence-electron chi connectivity index (χ1n) is 8.44. The van der Waals surface area contributed by atoms with Crippen LogP contribution in [-0.2, 0) is 4.79 Å². The van der Waals surface area contributed by atoms with E-state index in [9.17, 15) is 4.79 Å². The van der Waals surface area contributed by atoms with Gasteiger partial charge in [0.1, 0.15) is 5.69 Å². The monoisotopic (exact) mass is 331 g/mol. The number of hydrogen-bond donors (Lipinski definition) is 3. The molecule has 5 rings (SSSR count). The number of H-pyrrole nitrogens is 2. The summed E-state index contributed by atoms with van der Waals surface area (Å²) in [6.45, 7) is 2.05. The fraction of sp³-hybridized carbons (Fsp3) is 0.211. The molecule has 0 saturated heterocycles. The summed E-state index contributed by atoms with van der Waals surface area (Å²) in [6.07, 6.45) is 1.95. The van der Waals surface area contributed by atoms with E-state index < -0.39 is 0 Å². The van der Waals surface area contributed by atoms with Gasteiger partial charge in [-0.05, 0) is 49.6 Å². The molecule has 0 spiro atoms. The van der Waals surface area contributed by atoms with Crippen LogP contribution in [0, 0.1) is 12.8 Å². The van der Waals surface area contributed by atoms with Crippen molar-refractivity contribution in [3.05, 3.63) is 42.0 Å². The molecule has 0 unspecified atom stereocenters. The average molecular weight is 331 g/mol. The SMILES string of the molecule is Cc1ccc2nc(-c3n[nH]c4cccc(NC(=O)C5CC5)c34)[nH]c2c1. The lowest BCUT2D eigenvalue weighted by atomic mass is 10.1. The van der Waals surface area contributed by atoms with Crippen LogP contribution in [0.4, 0.5) is 5.69 Å². The normalized spacial score (nSPS) is 14.3. The number of aryl methyl sites for hydroxylation is 1. The van der Waals surface area contributed by atoms with Crippen LogP contribution in [0.5, 0.6) is 0 Å². The van der Waals surface area contributed by atoms with E-state index in [4.69, 9.17) is 0 Å². The molecule has 6 heteroatoms. The van der Waals surface area contributed by atoms with Crippen LogP contribution in [0.25, 0.3) is 33.5 Å². The highest BCUT2D eigenvalue weighted by molar-refractivity contribution is 6.07. The second-order valence-corrected chi connectivity index (χ2v) is 6.67. The maximum atomic E-state index is 12.2. The molecule has 6 nitrogen and oxygen atoms in total. The predicted molar refractivity (Wildman–Crippen MR) is 97.3 cm³/mol. The lowest BCUT2D eigenvalue weighted by molar-refractivity contribution is -0.117. The van der Waals surface area contributed by atoms with Gasteiger partial charge < -0.3 is 10.3 Å². The van der Waals surface area contributed by atoms with Crippen LogP contribution in [0.1, 0.15) is 18.4 Å². The average Bonchev–Trinajstić information content (AvgIpc) is 3.23. The number of aromatic nitrogens is 4. The molecule has 4 aromatic rings. The number of carbonyl (C=O) groups excluding carboxylic acids is 1. The summed E-state index contributed by atoms with van der Waals surface area (Å²) < 4.78 is 0. The minimum Gasteiger partial charge on any atom is -0.337 e. The van der Waals surface area contributed by atoms with Crippen molar-refractivity contribution in [3.8, 4) is 11.5 Å². The Kier molecular flexibility index (Phi) is 2.94. The molecule has 0 atom stereocenters. The summed E-state index contributed by atoms with van der Waals surface area (Å²) >= 11 is 0. The first kappa shape index (κ1) is 14.2. The summed E-state index contributed by atoms with van der Waals surface area (Å²) in [5.74, 6) is 0.930. The molecule has 0 bridgehead atoms. The minimum atomic E-state index is 0.0832. The van der Waals surface area contributed by atoms with E-state index >= 15 is 0 Å². The summed E-state index contributed by atoms with van der Waals surface area (Å²) in [5.41, 5.74) is 5.42. The van der Waals surface area contributed by atoms with Gasteiger partial charge in [-0.3, -0.25) is 9.89 Å². The first-order chi connectivity index (χ1) is 12.2. The number of fused-ring (bicyclic) bond motifs is 2. The smallest absolute Gasteiger partial charge is 0.227 e. The number of nitrogens with one attached hydrogen (secondary N) is 3. The Balaban J connectivity index is 1.65. The van der Waals surface area contributed by atoms with Crippen molar-refractivity contribution in [2.24, 2.45) is 5.92 Å². The second-order valence-electron chi connectivity index (χ2n) is 6.67. The van der Waals surface area contributed by atoms with E-state index in [1.807, 2.05) is 30.3 Å². The standard InChI is InChI=1S/C19H17N5O/c1-10-5-8-12-15(9-10)21-18(20-12)17-16-13(22-19(25)11-6-7-11)3-2-4-14(16)23-24-17/h2-5,8-9,11H,6-7H2,1H3,(H,20,21)(H,22,25)(H,23,24). The van der Waals surface area contributed by atoms with Crippen molar-refractivity contribution in [2.75, 3.05) is 5.32 Å². The van der Waals surface area contributed by atoms with Crippen LogP contribution >= 0.6 is 0 Å². The third-order valence-corrected chi connectivity index (χ3v) is 4.66. The van der Waals surface area contributed by atoms with Crippen molar-refractivity contribution < 1.29 is 4.79 Å². The predicted octanol–water partition coefficient (Wildman–Crippen LogP) is 3.76. The zero-order valence-corrected chi connectivity index (χ0v) is 13.8. The second kappa shape index (κ2) is 5.17. The number of amides is 1. The van der Waals surface area contributed by atoms with Crippen LogP contribution in [-0.4, -0.2) is 26.1 Å². The van der Waals surface area contributed by atoms with Gasteiger partial charge in [0.15, 0.2) is 5.82 Å². The van der Waals surface area contributed by atoms with Gasteiger partial charge in [-0.25, -0.2) is 4.98 Å². The van der Waals surface area contributed by atoms with Crippen LogP contribution in [0.2, 0.25) is 0 Å². The molecule has 1 amide bonds. The summed E-state index contributed by atoms with van der Waals surface area (Å²) in [5, 5.41) is 11.4. The molecular weight excluding hydrogens is 314 g/mol. The third kappa shape index (κ3) is 2.38. The number of rotatable bonds is 3. The van der Waals surface area contributed by atoms with Gasteiger partial charge in [-0.15, -0.1) is 0 Å². The topological polar surface area (TPSA) is 86.5 Å². The third-order valence-electron chi connectivity index (χ3n) is 4.66. The van der Waals surface area contributed by atoms with E-state index in [1.54, 1.807) is 0 Å². The number of benzene rings is 2. The Hall–Kier alpha value is -3.15. The first-order valence-corrected chi connectivity index (χ1v) is 8.44. The van der Waals surface area contributed by atoms with Crippen LogP contribution in [0.15, 0.2) is 36.4 Å². The lowest BCUT2D eigenvalue weighted by Gasteiger charge is -2.06. The molecule has 25 heavy (non-hydrogen) atoms. The van der Waals surface area contributed by atoms with Crippen molar-refractivity contribution in [1.82, 2.24) is 20.2 Å². The minimum absolute atomic E-state index is 0.0832. The fourth-order valence-corrected chi connectivity index (χ4v) is 3.16. The molecule has 3 N–H and O–H groups in total. The van der Waals surface area contributed by atoms with Gasteiger partial charge in [-0.1, -0.05) is 12.1 Å². The summed E-state index contributed by atoms with van der Waals surface area (Å²) in [7, 11) is 0. The molecule has 0 radical (unpaired) electrons. The maximum Gasteiger partial charge on any atom is 0.227 e. The van der Waals surface area contributed by atoms with Gasteiger partial charge in [0.05, 0.1) is 27.6 Å². The van der Waals surface area contributed by atoms with E-state index in [0.717, 1.165) is 46.2 Å². The van der Waals surface area contributed by atoms with Crippen molar-refractivity contribution >= 4 is 33.5 Å². The van der Waals surface area contributed by atoms with Gasteiger partial charge in [0.25, 0.3) is 0 Å². The molecule has 124 valence electrons. The number of carbonyl (C=O) groups is 1. The van der Waals surface area contributed by atoms with Crippen LogP contribution < -0.4 is 5.32 Å². The Morgan fingerprint density at radius 1 is 1.20 bits per heavy atom. The largest absolute Gasteiger partial charge is 0.337 e. The molecule has 1 aliphatic rings. The Bertz CT molecular complexity index is 1120. The van der Waals surface area contributed by atoms with E-state index in [0.29, 0.717) is 5.82 Å². The number of nitrogens with zero attached hydrogens (tertiary/aromatic N) is 2. The summed E-state index contributed by atoms with van der Waals surface area (Å²) in [6, 6.07) is 11.9. The summed E-state index contributed by atoms with van der Waals surface area (Å²) in [4.78, 5) is 20.2. The molecule has 1 aliphatic carbocycles. The highest BCUT2D eigenvalue weighted by atomic mass is 16.2. The molecular formula is C19H17N5O. The van der Waals surface area contributed by atoms with E-state index in [-0.39, 0.29) is 11.8 Å². The molecule has 0 aliphatic heterocycles. The highest BCUT2D eigenvalue weighted by Gasteiger charge is 2.30. The van der Waals surface area contributed by atoms with Crippen molar-refractivity contribution in [3.63, 3.8) is 0 Å². The van der Waals surface area contributed by atoms with Crippen molar-refractivity contribution in [1.29, 1.82) is 0 Å². The molecule has 2 aromatic carbocycles. The Morgan fingerprint density at radius 3 is 2.92 bits per heavy atom. The van der Waals surface area contributed by atoms with Gasteiger partial charge in [0.2, 0.25) is 5.91 Å². The highest BCUT2D eigenvalue weighted by Crippen LogP contribution is 2.34. The zero-order valence-electron chi connectivity index (χ0n) is 13.8. The van der Waals surface area contributed by atoms with Gasteiger partial charge in [0, 0.05) is 5.92 Å². The van der Waals surface area contributed by atoms with Gasteiger partial charge in [-0.2, -0.15) is 5.10 Å². The van der Waals surface area contributed by atoms with E-state index in [2.05, 4.69) is 38.5 Å². The zero-order chi connectivity index (χ0) is 17.0. The lowest BCUT2D eigenvalue weighted by Crippen LogP contribution is -2.13. The number of anilines is 1.